The summed E-state index contributed by atoms with van der Waals surface area (Å²) in [5.74, 6) is -0.126. The number of nitrogens with one attached hydrogen (secondary N) is 1. The number of ether oxygens (including phenoxy) is 1. The van der Waals surface area contributed by atoms with Crippen LogP contribution in [-0.4, -0.2) is 61.9 Å². The fourth-order valence-electron chi connectivity index (χ4n) is 4.25. The Hall–Kier alpha value is -3.46. The molecule has 4 aromatic rings. The zero-order chi connectivity index (χ0) is 20.7. The van der Waals surface area contributed by atoms with Crippen LogP contribution in [0.2, 0.25) is 0 Å². The Labute approximate surface area is 171 Å². The highest BCUT2D eigenvalue weighted by molar-refractivity contribution is 6.04. The Balaban J connectivity index is 1.46. The highest BCUT2D eigenvalue weighted by atomic mass is 16.5. The molecular weight excluding hydrogens is 384 g/mol. The number of para-hydroxylation sites is 1. The lowest BCUT2D eigenvalue weighted by molar-refractivity contribution is 0.0783. The van der Waals surface area contributed by atoms with Crippen LogP contribution in [0.4, 0.5) is 0 Å². The number of carbonyl (C=O) groups is 1. The van der Waals surface area contributed by atoms with E-state index in [-0.39, 0.29) is 17.6 Å². The van der Waals surface area contributed by atoms with Crippen LogP contribution in [0.15, 0.2) is 47.4 Å². The number of benzene rings is 1. The normalized spacial score (nSPS) is 16.7. The highest BCUT2D eigenvalue weighted by Gasteiger charge is 2.32. The molecule has 0 spiro atoms. The van der Waals surface area contributed by atoms with E-state index in [1.165, 1.54) is 0 Å². The van der Waals surface area contributed by atoms with E-state index in [1.807, 2.05) is 36.4 Å². The molecule has 1 aliphatic heterocycles. The summed E-state index contributed by atoms with van der Waals surface area (Å²) in [5, 5.41) is 7.95. The number of methoxy groups -OCH3 is 1. The molecule has 0 unspecified atom stereocenters. The summed E-state index contributed by atoms with van der Waals surface area (Å²) in [5.41, 5.74) is 2.55. The van der Waals surface area contributed by atoms with Crippen molar-refractivity contribution < 1.29 is 9.53 Å². The summed E-state index contributed by atoms with van der Waals surface area (Å²) < 4.78 is 8.57. The Morgan fingerprint density at radius 2 is 2.13 bits per heavy atom. The number of H-pyrrole nitrogens is 1. The number of amides is 1. The number of imidazole rings is 1. The van der Waals surface area contributed by atoms with Crippen molar-refractivity contribution in [2.75, 3.05) is 26.8 Å². The molecule has 0 saturated carbocycles. The topological polar surface area (TPSA) is 98.0 Å². The second kappa shape index (κ2) is 7.42. The third kappa shape index (κ3) is 2.89. The number of carbonyl (C=O) groups excluding carboxylic acids is 1. The zero-order valence-electron chi connectivity index (χ0n) is 16.6. The molecule has 0 radical (unpaired) electrons. The van der Waals surface area contributed by atoms with Crippen molar-refractivity contribution in [2.45, 2.75) is 19.0 Å². The minimum atomic E-state index is -0.132. The van der Waals surface area contributed by atoms with Gasteiger partial charge in [-0.05, 0) is 24.6 Å². The zero-order valence-corrected chi connectivity index (χ0v) is 16.6. The van der Waals surface area contributed by atoms with Gasteiger partial charge in [-0.1, -0.05) is 18.2 Å². The van der Waals surface area contributed by atoms with Gasteiger partial charge in [-0.3, -0.25) is 19.0 Å². The van der Waals surface area contributed by atoms with E-state index in [4.69, 9.17) is 4.74 Å². The third-order valence-electron chi connectivity index (χ3n) is 5.73. The summed E-state index contributed by atoms with van der Waals surface area (Å²) in [6.45, 7) is 1.91. The number of likely N-dealkylation sites (tertiary alicyclic amines) is 1. The minimum Gasteiger partial charge on any atom is -0.383 e. The molecule has 1 aliphatic rings. The van der Waals surface area contributed by atoms with Gasteiger partial charge in [-0.25, -0.2) is 9.78 Å². The summed E-state index contributed by atoms with van der Waals surface area (Å²) >= 11 is 0. The number of hydrogen-bond donors (Lipinski definition) is 1. The largest absolute Gasteiger partial charge is 0.383 e. The number of fused-ring (bicyclic) bond motifs is 2. The van der Waals surface area contributed by atoms with E-state index in [1.54, 1.807) is 27.3 Å². The van der Waals surface area contributed by atoms with Gasteiger partial charge < -0.3 is 9.64 Å². The SMILES string of the molecule is COCCn1c(=O)n([C@@H]2CCN(C(=O)c3n[nH]c4ccccc34)C2)c2ncccc21. The average molecular weight is 406 g/mol. The maximum absolute atomic E-state index is 13.2. The Bertz CT molecular complexity index is 1290. The molecule has 1 N–H and O–H groups in total. The summed E-state index contributed by atoms with van der Waals surface area (Å²) in [4.78, 5) is 32.5. The summed E-state index contributed by atoms with van der Waals surface area (Å²) in [6.07, 6.45) is 2.38. The van der Waals surface area contributed by atoms with Gasteiger partial charge in [0.2, 0.25) is 0 Å². The molecule has 9 heteroatoms. The molecule has 1 atom stereocenters. The predicted octanol–water partition coefficient (Wildman–Crippen LogP) is 1.81. The van der Waals surface area contributed by atoms with Crippen molar-refractivity contribution in [1.29, 1.82) is 0 Å². The van der Waals surface area contributed by atoms with Crippen LogP contribution in [0.1, 0.15) is 23.0 Å². The fraction of sp³-hybridized carbons (Fsp3) is 0.333. The molecule has 154 valence electrons. The molecule has 1 amide bonds. The molecule has 3 aromatic heterocycles. The van der Waals surface area contributed by atoms with E-state index < -0.39 is 0 Å². The van der Waals surface area contributed by atoms with Gasteiger partial charge in [0.05, 0.1) is 30.2 Å². The quantitative estimate of drug-likeness (QED) is 0.545. The fourth-order valence-corrected chi connectivity index (χ4v) is 4.25. The summed E-state index contributed by atoms with van der Waals surface area (Å²) in [6, 6.07) is 11.2. The first-order valence-corrected chi connectivity index (χ1v) is 9.96. The lowest BCUT2D eigenvalue weighted by atomic mass is 10.2. The first-order chi connectivity index (χ1) is 14.7. The number of aromatic nitrogens is 5. The van der Waals surface area contributed by atoms with Crippen molar-refractivity contribution in [2.24, 2.45) is 0 Å². The second-order valence-electron chi connectivity index (χ2n) is 7.45. The molecule has 1 fully saturated rings. The van der Waals surface area contributed by atoms with Gasteiger partial charge in [0.15, 0.2) is 11.3 Å². The van der Waals surface area contributed by atoms with Gasteiger partial charge in [0.25, 0.3) is 5.91 Å². The van der Waals surface area contributed by atoms with Crippen LogP contribution in [0.5, 0.6) is 0 Å². The van der Waals surface area contributed by atoms with Crippen LogP contribution in [0.3, 0.4) is 0 Å². The third-order valence-corrected chi connectivity index (χ3v) is 5.73. The number of rotatable bonds is 5. The van der Waals surface area contributed by atoms with E-state index in [0.29, 0.717) is 44.0 Å². The molecule has 9 nitrogen and oxygen atoms in total. The predicted molar refractivity (Wildman–Crippen MR) is 112 cm³/mol. The number of nitrogens with zero attached hydrogens (tertiary/aromatic N) is 5. The molecule has 0 bridgehead atoms. The molecule has 1 saturated heterocycles. The molecular formula is C21H22N6O3. The van der Waals surface area contributed by atoms with E-state index in [0.717, 1.165) is 16.4 Å². The van der Waals surface area contributed by atoms with Crippen molar-refractivity contribution in [3.63, 3.8) is 0 Å². The maximum atomic E-state index is 13.2. The van der Waals surface area contributed by atoms with Gasteiger partial charge in [-0.15, -0.1) is 0 Å². The molecule has 4 heterocycles. The van der Waals surface area contributed by atoms with E-state index in [2.05, 4.69) is 15.2 Å². The number of aromatic amines is 1. The summed E-state index contributed by atoms with van der Waals surface area (Å²) in [7, 11) is 1.61. The van der Waals surface area contributed by atoms with E-state index in [9.17, 15) is 9.59 Å². The van der Waals surface area contributed by atoms with E-state index >= 15 is 0 Å². The second-order valence-corrected chi connectivity index (χ2v) is 7.45. The average Bonchev–Trinajstić information content (AvgIpc) is 3.48. The highest BCUT2D eigenvalue weighted by Crippen LogP contribution is 2.26. The van der Waals surface area contributed by atoms with Crippen LogP contribution in [-0.2, 0) is 11.3 Å². The lowest BCUT2D eigenvalue weighted by Gasteiger charge is -2.16. The lowest BCUT2D eigenvalue weighted by Crippen LogP contribution is -2.32. The van der Waals surface area contributed by atoms with Crippen molar-refractivity contribution in [3.8, 4) is 0 Å². The van der Waals surface area contributed by atoms with Gasteiger partial charge in [-0.2, -0.15) is 5.10 Å². The van der Waals surface area contributed by atoms with Gasteiger partial charge in [0.1, 0.15) is 0 Å². The minimum absolute atomic E-state index is 0.120. The first kappa shape index (κ1) is 18.6. The van der Waals surface area contributed by atoms with Gasteiger partial charge >= 0.3 is 5.69 Å². The van der Waals surface area contributed by atoms with Crippen LogP contribution in [0.25, 0.3) is 22.1 Å². The van der Waals surface area contributed by atoms with Crippen molar-refractivity contribution >= 4 is 28.0 Å². The Morgan fingerprint density at radius 1 is 1.27 bits per heavy atom. The molecule has 0 aliphatic carbocycles. The van der Waals surface area contributed by atoms with Crippen LogP contribution < -0.4 is 5.69 Å². The van der Waals surface area contributed by atoms with Crippen LogP contribution >= 0.6 is 0 Å². The van der Waals surface area contributed by atoms with Crippen molar-refractivity contribution in [1.82, 2.24) is 29.2 Å². The van der Waals surface area contributed by atoms with Gasteiger partial charge in [0, 0.05) is 31.8 Å². The smallest absolute Gasteiger partial charge is 0.330 e. The molecule has 30 heavy (non-hydrogen) atoms. The Kier molecular flexibility index (Phi) is 4.59. The number of pyridine rings is 1. The van der Waals surface area contributed by atoms with Crippen LogP contribution in [0, 0.1) is 0 Å². The maximum Gasteiger partial charge on any atom is 0.330 e. The molecule has 1 aromatic carbocycles. The Morgan fingerprint density at radius 3 is 3.00 bits per heavy atom. The van der Waals surface area contributed by atoms with Crippen molar-refractivity contribution in [3.05, 3.63) is 58.8 Å². The molecule has 5 rings (SSSR count). The first-order valence-electron chi connectivity index (χ1n) is 9.96. The number of hydrogen-bond acceptors (Lipinski definition) is 5. The standard InChI is InChI=1S/C21H22N6O3/c1-30-12-11-26-17-7-4-9-22-19(17)27(21(26)29)14-8-10-25(13-14)20(28)18-15-5-2-3-6-16(15)23-24-18/h2-7,9,14H,8,10-13H2,1H3,(H,23,24)/t14-/m1/s1. The monoisotopic (exact) mass is 406 g/mol.